The van der Waals surface area contributed by atoms with E-state index in [0.29, 0.717) is 32.1 Å². The van der Waals surface area contributed by atoms with Gasteiger partial charge in [-0.3, -0.25) is 4.79 Å². The standard InChI is InChI=1S/C18H11BrClN3O2S/c19-12-5-6-15(25-8-7-21)11(9-12)10-16-17(24)23-18(26-16)22-14-4-2-1-3-13(14)20/h1-6,9-10H,8H2,(H,22,23,24). The van der Waals surface area contributed by atoms with Crippen molar-refractivity contribution in [2.45, 2.75) is 0 Å². The number of carbonyl (C=O) groups is 1. The van der Waals surface area contributed by atoms with Gasteiger partial charge in [0.05, 0.1) is 15.6 Å². The summed E-state index contributed by atoms with van der Waals surface area (Å²) in [6.07, 6.45) is 1.70. The third-order valence-electron chi connectivity index (χ3n) is 3.28. The molecule has 26 heavy (non-hydrogen) atoms. The van der Waals surface area contributed by atoms with Gasteiger partial charge in [-0.05, 0) is 48.2 Å². The van der Waals surface area contributed by atoms with Crippen molar-refractivity contribution in [2.75, 3.05) is 6.61 Å². The molecule has 1 aliphatic heterocycles. The van der Waals surface area contributed by atoms with Crippen LogP contribution in [0.4, 0.5) is 5.69 Å². The number of rotatable bonds is 4. The van der Waals surface area contributed by atoms with Crippen LogP contribution in [0, 0.1) is 11.3 Å². The topological polar surface area (TPSA) is 74.5 Å². The number of carbonyl (C=O) groups excluding carboxylic acids is 1. The van der Waals surface area contributed by atoms with Crippen LogP contribution < -0.4 is 10.1 Å². The van der Waals surface area contributed by atoms with Gasteiger partial charge in [0, 0.05) is 10.0 Å². The highest BCUT2D eigenvalue weighted by atomic mass is 79.9. The Morgan fingerprint density at radius 2 is 2.15 bits per heavy atom. The first-order valence-corrected chi connectivity index (χ1v) is 9.39. The second-order valence-corrected chi connectivity index (χ2v) is 7.42. The minimum Gasteiger partial charge on any atom is -0.478 e. The first-order chi connectivity index (χ1) is 12.6. The Hall–Kier alpha value is -2.27. The van der Waals surface area contributed by atoms with Crippen LogP contribution >= 0.6 is 39.3 Å². The first-order valence-electron chi connectivity index (χ1n) is 7.40. The largest absolute Gasteiger partial charge is 0.478 e. The number of aliphatic imine (C=N–C) groups is 1. The lowest BCUT2D eigenvalue weighted by molar-refractivity contribution is -0.115. The van der Waals surface area contributed by atoms with Crippen LogP contribution in [0.2, 0.25) is 5.02 Å². The summed E-state index contributed by atoms with van der Waals surface area (Å²) >= 11 is 10.7. The van der Waals surface area contributed by atoms with Crippen molar-refractivity contribution >= 4 is 62.1 Å². The number of hydrogen-bond acceptors (Lipinski definition) is 5. The van der Waals surface area contributed by atoms with Gasteiger partial charge in [0.2, 0.25) is 0 Å². The number of nitriles is 1. The number of halogens is 2. The minimum absolute atomic E-state index is 0.0731. The Balaban J connectivity index is 1.89. The lowest BCUT2D eigenvalue weighted by Gasteiger charge is -2.07. The van der Waals surface area contributed by atoms with Crippen molar-refractivity contribution in [2.24, 2.45) is 4.99 Å². The number of para-hydroxylation sites is 1. The third-order valence-corrected chi connectivity index (χ3v) is 5.00. The lowest BCUT2D eigenvalue weighted by atomic mass is 10.2. The van der Waals surface area contributed by atoms with Crippen molar-refractivity contribution < 1.29 is 9.53 Å². The summed E-state index contributed by atoms with van der Waals surface area (Å²) in [7, 11) is 0. The molecule has 3 rings (SSSR count). The van der Waals surface area contributed by atoms with Crippen LogP contribution in [0.25, 0.3) is 6.08 Å². The minimum atomic E-state index is -0.257. The first kappa shape index (κ1) is 18.5. The molecule has 0 atom stereocenters. The van der Waals surface area contributed by atoms with E-state index in [9.17, 15) is 4.79 Å². The molecule has 1 saturated heterocycles. The SMILES string of the molecule is N#CCOc1ccc(Br)cc1C=C1SC(=Nc2ccccc2Cl)NC1=O. The van der Waals surface area contributed by atoms with Crippen LogP contribution in [0.15, 0.2) is 56.8 Å². The van der Waals surface area contributed by atoms with Crippen molar-refractivity contribution in [3.8, 4) is 11.8 Å². The van der Waals surface area contributed by atoms with Gasteiger partial charge in [0.1, 0.15) is 11.8 Å². The molecule has 2 aromatic rings. The number of ether oxygens (including phenoxy) is 1. The monoisotopic (exact) mass is 447 g/mol. The Kier molecular flexibility index (Phi) is 5.99. The number of nitrogens with one attached hydrogen (secondary N) is 1. The normalized spacial score (nSPS) is 16.6. The zero-order chi connectivity index (χ0) is 18.5. The summed E-state index contributed by atoms with van der Waals surface area (Å²) in [5.41, 5.74) is 1.27. The molecular formula is C18H11BrClN3O2S. The molecule has 5 nitrogen and oxygen atoms in total. The quantitative estimate of drug-likeness (QED) is 0.675. The second-order valence-electron chi connectivity index (χ2n) is 5.06. The Morgan fingerprint density at radius 3 is 2.92 bits per heavy atom. The van der Waals surface area contributed by atoms with E-state index in [1.807, 2.05) is 24.3 Å². The number of amides is 1. The van der Waals surface area contributed by atoms with Crippen molar-refractivity contribution in [1.29, 1.82) is 5.26 Å². The fourth-order valence-corrected chi connectivity index (χ4v) is 3.53. The van der Waals surface area contributed by atoms with Gasteiger partial charge < -0.3 is 10.1 Å². The summed E-state index contributed by atoms with van der Waals surface area (Å²) in [6.45, 7) is -0.0731. The van der Waals surface area contributed by atoms with Gasteiger partial charge in [-0.15, -0.1) is 0 Å². The van der Waals surface area contributed by atoms with Crippen LogP contribution in [-0.4, -0.2) is 17.7 Å². The smallest absolute Gasteiger partial charge is 0.264 e. The van der Waals surface area contributed by atoms with E-state index in [2.05, 4.69) is 26.2 Å². The summed E-state index contributed by atoms with van der Waals surface area (Å²) in [4.78, 5) is 17.1. The molecule has 130 valence electrons. The number of nitrogens with zero attached hydrogens (tertiary/aromatic N) is 2. The van der Waals surface area contributed by atoms with Crippen molar-refractivity contribution in [3.05, 3.63) is 62.4 Å². The summed E-state index contributed by atoms with van der Waals surface area (Å²) in [5, 5.41) is 12.4. The predicted octanol–water partition coefficient (Wildman–Crippen LogP) is 4.90. The van der Waals surface area contributed by atoms with E-state index in [-0.39, 0.29) is 12.5 Å². The highest BCUT2D eigenvalue weighted by Gasteiger charge is 2.24. The average Bonchev–Trinajstić information content (AvgIpc) is 2.95. The molecule has 1 N–H and O–H groups in total. The number of amidine groups is 1. The zero-order valence-electron chi connectivity index (χ0n) is 13.2. The number of hydrogen-bond donors (Lipinski definition) is 1. The Labute approximate surface area is 167 Å². The molecule has 0 radical (unpaired) electrons. The predicted molar refractivity (Wildman–Crippen MR) is 108 cm³/mol. The second kappa shape index (κ2) is 8.41. The maximum Gasteiger partial charge on any atom is 0.264 e. The van der Waals surface area contributed by atoms with Gasteiger partial charge in [-0.25, -0.2) is 4.99 Å². The highest BCUT2D eigenvalue weighted by molar-refractivity contribution is 9.10. The molecule has 1 fully saturated rings. The van der Waals surface area contributed by atoms with Crippen molar-refractivity contribution in [3.63, 3.8) is 0 Å². The van der Waals surface area contributed by atoms with E-state index in [1.54, 1.807) is 30.3 Å². The van der Waals surface area contributed by atoms with Crippen LogP contribution in [0.1, 0.15) is 5.56 Å². The Morgan fingerprint density at radius 1 is 1.35 bits per heavy atom. The van der Waals surface area contributed by atoms with E-state index >= 15 is 0 Å². The molecule has 0 unspecified atom stereocenters. The maximum absolute atomic E-state index is 12.3. The van der Waals surface area contributed by atoms with Crippen LogP contribution in [0.5, 0.6) is 5.75 Å². The van der Waals surface area contributed by atoms with Gasteiger partial charge >= 0.3 is 0 Å². The number of benzene rings is 2. The van der Waals surface area contributed by atoms with Gasteiger partial charge in [-0.1, -0.05) is 39.7 Å². The van der Waals surface area contributed by atoms with Gasteiger partial charge in [0.15, 0.2) is 11.8 Å². The molecular weight excluding hydrogens is 438 g/mol. The van der Waals surface area contributed by atoms with E-state index in [4.69, 9.17) is 21.6 Å². The Bertz CT molecular complexity index is 969. The average molecular weight is 449 g/mol. The van der Waals surface area contributed by atoms with Gasteiger partial charge in [0.25, 0.3) is 5.91 Å². The van der Waals surface area contributed by atoms with E-state index in [1.165, 1.54) is 11.8 Å². The fourth-order valence-electron chi connectivity index (χ4n) is 2.15. The fraction of sp³-hybridized carbons (Fsp3) is 0.0556. The maximum atomic E-state index is 12.3. The molecule has 8 heteroatoms. The molecule has 0 aromatic heterocycles. The van der Waals surface area contributed by atoms with Crippen LogP contribution in [0.3, 0.4) is 0 Å². The van der Waals surface area contributed by atoms with Gasteiger partial charge in [-0.2, -0.15) is 5.26 Å². The summed E-state index contributed by atoms with van der Waals surface area (Å²) in [5.74, 6) is 0.263. The highest BCUT2D eigenvalue weighted by Crippen LogP contribution is 2.33. The molecule has 1 amide bonds. The zero-order valence-corrected chi connectivity index (χ0v) is 16.4. The number of thioether (sulfide) groups is 1. The molecule has 0 aliphatic carbocycles. The lowest BCUT2D eigenvalue weighted by Crippen LogP contribution is -2.19. The third kappa shape index (κ3) is 4.47. The molecule has 1 aliphatic rings. The molecule has 0 saturated carbocycles. The van der Waals surface area contributed by atoms with Crippen molar-refractivity contribution in [1.82, 2.24) is 5.32 Å². The van der Waals surface area contributed by atoms with E-state index < -0.39 is 0 Å². The molecule has 0 bridgehead atoms. The molecule has 0 spiro atoms. The molecule has 1 heterocycles. The van der Waals surface area contributed by atoms with E-state index in [0.717, 1.165) is 4.47 Å². The van der Waals surface area contributed by atoms with Crippen LogP contribution in [-0.2, 0) is 4.79 Å². The summed E-state index contributed by atoms with van der Waals surface area (Å²) < 4.78 is 6.25. The molecule has 2 aromatic carbocycles. The summed E-state index contributed by atoms with van der Waals surface area (Å²) in [6, 6.07) is 14.4.